The van der Waals surface area contributed by atoms with Gasteiger partial charge in [-0.25, -0.2) is 0 Å². The second-order valence-corrected chi connectivity index (χ2v) is 5.23. The molecule has 1 fully saturated rings. The lowest BCUT2D eigenvalue weighted by Gasteiger charge is -2.39. The topological polar surface area (TPSA) is 12.0 Å². The molecule has 0 spiro atoms. The summed E-state index contributed by atoms with van der Waals surface area (Å²) in [6.45, 7) is 6.82. The van der Waals surface area contributed by atoms with E-state index in [4.69, 9.17) is 0 Å². The van der Waals surface area contributed by atoms with Crippen LogP contribution in [0.5, 0.6) is 0 Å². The van der Waals surface area contributed by atoms with Crippen molar-refractivity contribution in [2.24, 2.45) is 5.41 Å². The molecule has 1 saturated carbocycles. The molecule has 0 aromatic heterocycles. The number of hydrogen-bond acceptors (Lipinski definition) is 1. The van der Waals surface area contributed by atoms with Gasteiger partial charge in [-0.05, 0) is 39.2 Å². The minimum atomic E-state index is 0.490. The summed E-state index contributed by atoms with van der Waals surface area (Å²) < 4.78 is 0. The molecule has 14 heavy (non-hydrogen) atoms. The van der Waals surface area contributed by atoms with Crippen molar-refractivity contribution >= 4 is 0 Å². The summed E-state index contributed by atoms with van der Waals surface area (Å²) in [5.41, 5.74) is 1.92. The number of nitrogens with one attached hydrogen (secondary N) is 1. The highest BCUT2D eigenvalue weighted by Crippen LogP contribution is 2.39. The Morgan fingerprint density at radius 2 is 1.79 bits per heavy atom. The molecule has 1 rings (SSSR count). The first kappa shape index (κ1) is 11.8. The van der Waals surface area contributed by atoms with Crippen LogP contribution in [0.15, 0.2) is 11.6 Å². The summed E-state index contributed by atoms with van der Waals surface area (Å²) in [5, 5.41) is 3.47. The van der Waals surface area contributed by atoms with Crippen molar-refractivity contribution in [2.75, 3.05) is 7.05 Å². The van der Waals surface area contributed by atoms with Gasteiger partial charge in [0, 0.05) is 6.04 Å². The summed E-state index contributed by atoms with van der Waals surface area (Å²) in [6, 6.07) is 0.563. The molecule has 82 valence electrons. The predicted octanol–water partition coefficient (Wildman–Crippen LogP) is 3.51. The zero-order valence-electron chi connectivity index (χ0n) is 10.2. The third kappa shape index (κ3) is 2.84. The van der Waals surface area contributed by atoms with E-state index < -0.39 is 0 Å². The summed E-state index contributed by atoms with van der Waals surface area (Å²) >= 11 is 0. The van der Waals surface area contributed by atoms with Crippen LogP contribution in [0.4, 0.5) is 0 Å². The lowest BCUT2D eigenvalue weighted by atomic mass is 9.70. The predicted molar refractivity (Wildman–Crippen MR) is 63.5 cm³/mol. The van der Waals surface area contributed by atoms with E-state index in [0.717, 1.165) is 0 Å². The molecule has 0 amide bonds. The Balaban J connectivity index is 2.70. The first-order valence-electron chi connectivity index (χ1n) is 5.91. The maximum absolute atomic E-state index is 3.47. The van der Waals surface area contributed by atoms with E-state index in [9.17, 15) is 0 Å². The summed E-state index contributed by atoms with van der Waals surface area (Å²) in [7, 11) is 2.09. The average Bonchev–Trinajstić information content (AvgIpc) is 2.15. The third-order valence-corrected chi connectivity index (χ3v) is 3.56. The van der Waals surface area contributed by atoms with Crippen LogP contribution < -0.4 is 5.32 Å². The van der Waals surface area contributed by atoms with Gasteiger partial charge in [0.1, 0.15) is 0 Å². The number of likely N-dealkylation sites (N-methyl/N-ethyl adjacent to an activating group) is 1. The molecule has 1 aliphatic rings. The second kappa shape index (κ2) is 4.97. The molecule has 0 aromatic carbocycles. The minimum absolute atomic E-state index is 0.490. The third-order valence-electron chi connectivity index (χ3n) is 3.56. The van der Waals surface area contributed by atoms with E-state index >= 15 is 0 Å². The van der Waals surface area contributed by atoms with Gasteiger partial charge in [0.05, 0.1) is 0 Å². The van der Waals surface area contributed by atoms with E-state index in [0.29, 0.717) is 11.5 Å². The molecule has 1 nitrogen and oxygen atoms in total. The fraction of sp³-hybridized carbons (Fsp3) is 0.846. The number of hydrogen-bond donors (Lipinski definition) is 1. The van der Waals surface area contributed by atoms with Crippen molar-refractivity contribution in [3.8, 4) is 0 Å². The molecule has 0 aromatic rings. The van der Waals surface area contributed by atoms with Crippen molar-refractivity contribution < 1.29 is 0 Å². The van der Waals surface area contributed by atoms with Crippen LogP contribution in [0.3, 0.4) is 0 Å². The molecule has 1 N–H and O–H groups in total. The SMILES string of the molecule is CNC(C=C(C)C)C1(C)CCCCC1. The number of allylic oxidation sites excluding steroid dienone is 1. The zero-order chi connectivity index (χ0) is 10.6. The highest BCUT2D eigenvalue weighted by atomic mass is 14.9. The van der Waals surface area contributed by atoms with E-state index in [1.807, 2.05) is 0 Å². The van der Waals surface area contributed by atoms with Crippen LogP contribution in [0.25, 0.3) is 0 Å². The Bertz CT molecular complexity index is 195. The summed E-state index contributed by atoms with van der Waals surface area (Å²) in [6.07, 6.45) is 9.40. The number of rotatable bonds is 3. The van der Waals surface area contributed by atoms with Crippen molar-refractivity contribution in [3.05, 3.63) is 11.6 Å². The fourth-order valence-corrected chi connectivity index (χ4v) is 2.64. The van der Waals surface area contributed by atoms with Crippen LogP contribution in [0, 0.1) is 5.41 Å². The molecule has 1 aliphatic carbocycles. The van der Waals surface area contributed by atoms with Gasteiger partial charge >= 0.3 is 0 Å². The molecule has 0 heterocycles. The van der Waals surface area contributed by atoms with Gasteiger partial charge in [-0.2, -0.15) is 0 Å². The van der Waals surface area contributed by atoms with Gasteiger partial charge in [0.25, 0.3) is 0 Å². The van der Waals surface area contributed by atoms with Crippen molar-refractivity contribution in [1.29, 1.82) is 0 Å². The Morgan fingerprint density at radius 1 is 1.21 bits per heavy atom. The van der Waals surface area contributed by atoms with Crippen LogP contribution in [0.2, 0.25) is 0 Å². The molecular formula is C13H25N. The second-order valence-electron chi connectivity index (χ2n) is 5.23. The lowest BCUT2D eigenvalue weighted by Crippen LogP contribution is -2.41. The van der Waals surface area contributed by atoms with Gasteiger partial charge in [-0.3, -0.25) is 0 Å². The Kier molecular flexibility index (Phi) is 4.18. The smallest absolute Gasteiger partial charge is 0.0303 e. The molecule has 1 heteroatoms. The lowest BCUT2D eigenvalue weighted by molar-refractivity contribution is 0.175. The van der Waals surface area contributed by atoms with Crippen LogP contribution in [0.1, 0.15) is 52.9 Å². The molecule has 1 atom stereocenters. The monoisotopic (exact) mass is 195 g/mol. The first-order valence-corrected chi connectivity index (χ1v) is 5.91. The highest BCUT2D eigenvalue weighted by molar-refractivity contribution is 5.07. The molecule has 0 aliphatic heterocycles. The first-order chi connectivity index (χ1) is 6.58. The van der Waals surface area contributed by atoms with Crippen LogP contribution in [-0.2, 0) is 0 Å². The van der Waals surface area contributed by atoms with Gasteiger partial charge in [0.2, 0.25) is 0 Å². The minimum Gasteiger partial charge on any atom is -0.313 e. The quantitative estimate of drug-likeness (QED) is 0.680. The van der Waals surface area contributed by atoms with Gasteiger partial charge in [-0.1, -0.05) is 37.8 Å². The summed E-state index contributed by atoms with van der Waals surface area (Å²) in [5.74, 6) is 0. The molecule has 1 unspecified atom stereocenters. The van der Waals surface area contributed by atoms with Crippen molar-refractivity contribution in [3.63, 3.8) is 0 Å². The van der Waals surface area contributed by atoms with Crippen molar-refractivity contribution in [2.45, 2.75) is 58.9 Å². The van der Waals surface area contributed by atoms with E-state index in [1.54, 1.807) is 0 Å². The van der Waals surface area contributed by atoms with Crippen LogP contribution >= 0.6 is 0 Å². The fourth-order valence-electron chi connectivity index (χ4n) is 2.64. The van der Waals surface area contributed by atoms with Crippen molar-refractivity contribution in [1.82, 2.24) is 5.32 Å². The van der Waals surface area contributed by atoms with E-state index in [1.165, 1.54) is 37.7 Å². The zero-order valence-corrected chi connectivity index (χ0v) is 10.2. The van der Waals surface area contributed by atoms with E-state index in [-0.39, 0.29) is 0 Å². The molecule has 0 radical (unpaired) electrons. The van der Waals surface area contributed by atoms with Gasteiger partial charge in [-0.15, -0.1) is 0 Å². The molecular weight excluding hydrogens is 170 g/mol. The normalized spacial score (nSPS) is 22.9. The highest BCUT2D eigenvalue weighted by Gasteiger charge is 2.32. The van der Waals surface area contributed by atoms with E-state index in [2.05, 4.69) is 39.2 Å². The maximum atomic E-state index is 3.47. The van der Waals surface area contributed by atoms with Gasteiger partial charge < -0.3 is 5.32 Å². The van der Waals surface area contributed by atoms with Gasteiger partial charge in [0.15, 0.2) is 0 Å². The Morgan fingerprint density at radius 3 is 2.21 bits per heavy atom. The Hall–Kier alpha value is -0.300. The van der Waals surface area contributed by atoms with Crippen LogP contribution in [-0.4, -0.2) is 13.1 Å². The maximum Gasteiger partial charge on any atom is 0.0303 e. The molecule has 0 bridgehead atoms. The Labute approximate surface area is 89.0 Å². The largest absolute Gasteiger partial charge is 0.313 e. The molecule has 0 saturated heterocycles. The standard InChI is InChI=1S/C13H25N/c1-11(2)10-12(14-4)13(3)8-6-5-7-9-13/h10,12,14H,5-9H2,1-4H3. The summed E-state index contributed by atoms with van der Waals surface area (Å²) in [4.78, 5) is 0. The average molecular weight is 195 g/mol.